The van der Waals surface area contributed by atoms with Gasteiger partial charge >= 0.3 is 0 Å². The number of carbonyl (C=O) groups excluding carboxylic acids is 2. The fourth-order valence-electron chi connectivity index (χ4n) is 2.00. The normalized spacial score (nSPS) is 10.4. The van der Waals surface area contributed by atoms with Crippen LogP contribution in [0.3, 0.4) is 0 Å². The lowest BCUT2D eigenvalue weighted by molar-refractivity contribution is -0.120. The Morgan fingerprint density at radius 3 is 2.50 bits per heavy atom. The largest absolute Gasteiger partial charge is 0.504 e. The van der Waals surface area contributed by atoms with Crippen LogP contribution >= 0.6 is 0 Å². The molecule has 0 saturated heterocycles. The molecular weight excluding hydrogens is 338 g/mol. The van der Waals surface area contributed by atoms with Gasteiger partial charge < -0.3 is 19.9 Å². The van der Waals surface area contributed by atoms with Crippen molar-refractivity contribution in [1.82, 2.24) is 10.7 Å². The second-order valence-electron chi connectivity index (χ2n) is 5.14. The molecule has 0 atom stereocenters. The minimum absolute atomic E-state index is 0.00919. The van der Waals surface area contributed by atoms with E-state index in [1.54, 1.807) is 36.4 Å². The number of amides is 2. The number of aromatic hydroxyl groups is 1. The number of benzene rings is 2. The smallest absolute Gasteiger partial charge is 0.259 e. The number of nitrogens with zero attached hydrogens (tertiary/aromatic N) is 1. The monoisotopic (exact) mass is 357 g/mol. The van der Waals surface area contributed by atoms with Gasteiger partial charge in [0, 0.05) is 5.56 Å². The second-order valence-corrected chi connectivity index (χ2v) is 5.14. The minimum Gasteiger partial charge on any atom is -0.504 e. The number of hydrogen-bond acceptors (Lipinski definition) is 6. The van der Waals surface area contributed by atoms with Gasteiger partial charge in [-0.25, -0.2) is 5.43 Å². The number of ether oxygens (including phenoxy) is 2. The first kappa shape index (κ1) is 18.8. The molecule has 0 saturated carbocycles. The summed E-state index contributed by atoms with van der Waals surface area (Å²) in [5.74, 6) is 0.0883. The molecule has 26 heavy (non-hydrogen) atoms. The molecule has 8 heteroatoms. The van der Waals surface area contributed by atoms with E-state index in [9.17, 15) is 14.7 Å². The molecule has 2 rings (SSSR count). The number of hydrazone groups is 1. The van der Waals surface area contributed by atoms with Crippen molar-refractivity contribution in [3.8, 4) is 17.2 Å². The van der Waals surface area contributed by atoms with Gasteiger partial charge in [0.15, 0.2) is 11.5 Å². The molecule has 0 radical (unpaired) electrons. The van der Waals surface area contributed by atoms with Gasteiger partial charge in [0.2, 0.25) is 0 Å². The first-order valence-corrected chi connectivity index (χ1v) is 7.64. The van der Waals surface area contributed by atoms with E-state index in [1.807, 2.05) is 0 Å². The molecule has 0 aliphatic rings. The number of phenols is 1. The summed E-state index contributed by atoms with van der Waals surface area (Å²) in [6.07, 6.45) is 1.39. The molecule has 136 valence electrons. The van der Waals surface area contributed by atoms with Crippen LogP contribution in [0, 0.1) is 0 Å². The van der Waals surface area contributed by atoms with Gasteiger partial charge in [0.1, 0.15) is 5.75 Å². The summed E-state index contributed by atoms with van der Waals surface area (Å²) in [7, 11) is 2.97. The summed E-state index contributed by atoms with van der Waals surface area (Å²) in [4.78, 5) is 23.7. The van der Waals surface area contributed by atoms with E-state index < -0.39 is 5.91 Å². The minimum atomic E-state index is -0.478. The molecule has 0 heterocycles. The number of rotatable bonds is 7. The van der Waals surface area contributed by atoms with Crippen molar-refractivity contribution in [3.63, 3.8) is 0 Å². The number of hydrogen-bond donors (Lipinski definition) is 3. The van der Waals surface area contributed by atoms with Gasteiger partial charge in [-0.15, -0.1) is 0 Å². The Labute approximate surface area is 150 Å². The van der Waals surface area contributed by atoms with Gasteiger partial charge in [0.05, 0.1) is 27.0 Å². The highest BCUT2D eigenvalue weighted by molar-refractivity contribution is 5.96. The van der Waals surface area contributed by atoms with E-state index in [0.29, 0.717) is 22.6 Å². The lowest BCUT2D eigenvalue weighted by Crippen LogP contribution is -2.34. The van der Waals surface area contributed by atoms with Crippen molar-refractivity contribution in [2.75, 3.05) is 20.8 Å². The first-order chi connectivity index (χ1) is 12.5. The summed E-state index contributed by atoms with van der Waals surface area (Å²) in [6, 6.07) is 11.1. The van der Waals surface area contributed by atoms with E-state index in [1.165, 1.54) is 26.5 Å². The topological polar surface area (TPSA) is 109 Å². The van der Waals surface area contributed by atoms with Gasteiger partial charge in [0.25, 0.3) is 11.8 Å². The highest BCUT2D eigenvalue weighted by Crippen LogP contribution is 2.25. The quantitative estimate of drug-likeness (QED) is 0.511. The Morgan fingerprint density at radius 2 is 1.85 bits per heavy atom. The van der Waals surface area contributed by atoms with E-state index in [0.717, 1.165) is 0 Å². The van der Waals surface area contributed by atoms with Crippen LogP contribution in [0.15, 0.2) is 47.6 Å². The van der Waals surface area contributed by atoms with Crippen molar-refractivity contribution >= 4 is 18.0 Å². The Balaban J connectivity index is 1.82. The highest BCUT2D eigenvalue weighted by atomic mass is 16.5. The fourth-order valence-corrected chi connectivity index (χ4v) is 2.00. The maximum atomic E-state index is 11.9. The van der Waals surface area contributed by atoms with Crippen LogP contribution in [-0.4, -0.2) is 43.9 Å². The zero-order valence-corrected chi connectivity index (χ0v) is 14.4. The van der Waals surface area contributed by atoms with Crippen molar-refractivity contribution in [3.05, 3.63) is 53.6 Å². The fraction of sp³-hybridized carbons (Fsp3) is 0.167. The Bertz CT molecular complexity index is 803. The molecule has 0 aliphatic carbocycles. The van der Waals surface area contributed by atoms with Crippen molar-refractivity contribution in [2.24, 2.45) is 5.10 Å². The molecule has 0 spiro atoms. The number of carbonyl (C=O) groups is 2. The average Bonchev–Trinajstić information content (AvgIpc) is 2.67. The lowest BCUT2D eigenvalue weighted by atomic mass is 10.2. The highest BCUT2D eigenvalue weighted by Gasteiger charge is 2.07. The molecule has 0 aromatic heterocycles. The molecule has 0 bridgehead atoms. The van der Waals surface area contributed by atoms with Gasteiger partial charge in [-0.1, -0.05) is 0 Å². The van der Waals surface area contributed by atoms with Crippen LogP contribution in [0.1, 0.15) is 15.9 Å². The third kappa shape index (κ3) is 5.23. The standard InChI is InChI=1S/C18H19N3O5/c1-25-14-6-4-13(5-7-14)18(24)19-11-17(23)21-20-10-12-3-8-15(22)16(9-12)26-2/h3-10,22H,11H2,1-2H3,(H,19,24)(H,21,23)/b20-10-. The van der Waals surface area contributed by atoms with Gasteiger partial charge in [-0.3, -0.25) is 9.59 Å². The van der Waals surface area contributed by atoms with Gasteiger partial charge in [-0.05, 0) is 48.0 Å². The lowest BCUT2D eigenvalue weighted by Gasteiger charge is -2.05. The van der Waals surface area contributed by atoms with Crippen LogP contribution in [0.25, 0.3) is 0 Å². The van der Waals surface area contributed by atoms with Crippen molar-refractivity contribution in [1.29, 1.82) is 0 Å². The van der Waals surface area contributed by atoms with Crippen LogP contribution in [-0.2, 0) is 4.79 Å². The van der Waals surface area contributed by atoms with Crippen LogP contribution in [0.2, 0.25) is 0 Å². The van der Waals surface area contributed by atoms with Gasteiger partial charge in [-0.2, -0.15) is 5.10 Å². The Kier molecular flexibility index (Phi) is 6.55. The molecule has 8 nitrogen and oxygen atoms in total. The summed E-state index contributed by atoms with van der Waals surface area (Å²) in [5, 5.41) is 15.8. The van der Waals surface area contributed by atoms with E-state index >= 15 is 0 Å². The molecule has 3 N–H and O–H groups in total. The molecular formula is C18H19N3O5. The molecule has 0 fully saturated rings. The SMILES string of the molecule is COc1ccc(C(=O)NCC(=O)N/N=C\c2ccc(O)c(OC)c2)cc1. The maximum Gasteiger partial charge on any atom is 0.259 e. The van der Waals surface area contributed by atoms with Crippen LogP contribution < -0.4 is 20.2 Å². The molecule has 2 amide bonds. The Hall–Kier alpha value is -3.55. The Morgan fingerprint density at radius 1 is 1.12 bits per heavy atom. The van der Waals surface area contributed by atoms with E-state index in [4.69, 9.17) is 9.47 Å². The summed E-state index contributed by atoms with van der Waals surface area (Å²) in [6.45, 7) is -0.221. The van der Waals surface area contributed by atoms with Crippen molar-refractivity contribution < 1.29 is 24.2 Å². The summed E-state index contributed by atoms with van der Waals surface area (Å²) < 4.78 is 10.00. The first-order valence-electron chi connectivity index (χ1n) is 7.64. The third-order valence-corrected chi connectivity index (χ3v) is 3.37. The zero-order chi connectivity index (χ0) is 18.9. The third-order valence-electron chi connectivity index (χ3n) is 3.37. The predicted molar refractivity (Wildman–Crippen MR) is 95.7 cm³/mol. The van der Waals surface area contributed by atoms with Crippen LogP contribution in [0.5, 0.6) is 17.2 Å². The molecule has 2 aromatic carbocycles. The number of phenolic OH excluding ortho intramolecular Hbond substituents is 1. The summed E-state index contributed by atoms with van der Waals surface area (Å²) in [5.41, 5.74) is 3.34. The second kappa shape index (κ2) is 9.07. The van der Waals surface area contributed by atoms with Crippen LogP contribution in [0.4, 0.5) is 0 Å². The van der Waals surface area contributed by atoms with E-state index in [2.05, 4.69) is 15.8 Å². The zero-order valence-electron chi connectivity index (χ0n) is 14.4. The number of nitrogens with one attached hydrogen (secondary N) is 2. The maximum absolute atomic E-state index is 11.9. The number of methoxy groups -OCH3 is 2. The molecule has 0 aliphatic heterocycles. The molecule has 0 unspecified atom stereocenters. The predicted octanol–water partition coefficient (Wildman–Crippen LogP) is 1.29. The van der Waals surface area contributed by atoms with Crippen molar-refractivity contribution in [2.45, 2.75) is 0 Å². The molecule has 2 aromatic rings. The average molecular weight is 357 g/mol. The summed E-state index contributed by atoms with van der Waals surface area (Å²) >= 11 is 0. The van der Waals surface area contributed by atoms with E-state index in [-0.39, 0.29) is 18.2 Å².